The van der Waals surface area contributed by atoms with E-state index in [1.807, 2.05) is 0 Å². The van der Waals surface area contributed by atoms with Crippen LogP contribution in [0.15, 0.2) is 42.5 Å². The Morgan fingerprint density at radius 2 is 1.81 bits per heavy atom. The lowest BCUT2D eigenvalue weighted by atomic mass is 9.89. The van der Waals surface area contributed by atoms with Crippen LogP contribution in [-0.2, 0) is 0 Å². The first-order valence-electron chi connectivity index (χ1n) is 8.59. The lowest BCUT2D eigenvalue weighted by Crippen LogP contribution is -2.30. The zero-order valence-electron chi connectivity index (χ0n) is 13.1. The minimum absolute atomic E-state index is 0.712. The number of benzene rings is 2. The fourth-order valence-corrected chi connectivity index (χ4v) is 3.66. The molecule has 1 saturated carbocycles. The highest BCUT2D eigenvalue weighted by molar-refractivity contribution is 5.83. The Labute approximate surface area is 128 Å². The summed E-state index contributed by atoms with van der Waals surface area (Å²) in [4.78, 5) is 0. The average Bonchev–Trinajstić information content (AvgIpc) is 2.78. The zero-order valence-corrected chi connectivity index (χ0v) is 13.1. The summed E-state index contributed by atoms with van der Waals surface area (Å²) in [5.74, 6) is 0.728. The maximum Gasteiger partial charge on any atom is 0.00728 e. The molecule has 0 spiro atoms. The van der Waals surface area contributed by atoms with Crippen molar-refractivity contribution in [3.63, 3.8) is 0 Å². The van der Waals surface area contributed by atoms with Crippen molar-refractivity contribution in [1.82, 2.24) is 5.32 Å². The van der Waals surface area contributed by atoms with Gasteiger partial charge >= 0.3 is 0 Å². The van der Waals surface area contributed by atoms with Gasteiger partial charge in [0.2, 0.25) is 0 Å². The summed E-state index contributed by atoms with van der Waals surface area (Å²) in [6, 6.07) is 16.5. The quantitative estimate of drug-likeness (QED) is 0.754. The van der Waals surface area contributed by atoms with Crippen LogP contribution in [0, 0.1) is 0 Å². The van der Waals surface area contributed by atoms with Crippen LogP contribution in [0.5, 0.6) is 0 Å². The smallest absolute Gasteiger partial charge is 0.00728 e. The van der Waals surface area contributed by atoms with E-state index in [0.29, 0.717) is 6.04 Å². The molecular weight excluding hydrogens is 254 g/mol. The van der Waals surface area contributed by atoms with Gasteiger partial charge in [-0.3, -0.25) is 0 Å². The molecule has 2 unspecified atom stereocenters. The first kappa shape index (κ1) is 14.6. The predicted octanol–water partition coefficient (Wildman–Crippen LogP) is 5.26. The van der Waals surface area contributed by atoms with Crippen molar-refractivity contribution in [2.45, 2.75) is 57.4 Å². The first-order valence-corrected chi connectivity index (χ1v) is 8.59. The lowest BCUT2D eigenvalue weighted by molar-refractivity contribution is 0.439. The number of hydrogen-bond acceptors (Lipinski definition) is 1. The second-order valence-electron chi connectivity index (χ2n) is 6.47. The van der Waals surface area contributed by atoms with Crippen LogP contribution in [0.3, 0.4) is 0 Å². The van der Waals surface area contributed by atoms with E-state index in [0.717, 1.165) is 12.5 Å². The van der Waals surface area contributed by atoms with Crippen LogP contribution < -0.4 is 5.32 Å². The third kappa shape index (κ3) is 3.65. The van der Waals surface area contributed by atoms with Gasteiger partial charge in [-0.2, -0.15) is 0 Å². The van der Waals surface area contributed by atoms with E-state index >= 15 is 0 Å². The molecule has 21 heavy (non-hydrogen) atoms. The van der Waals surface area contributed by atoms with Crippen molar-refractivity contribution in [3.8, 4) is 0 Å². The molecule has 3 rings (SSSR count). The first-order chi connectivity index (χ1) is 10.4. The molecule has 0 amide bonds. The molecule has 0 aromatic heterocycles. The Balaban J connectivity index is 1.78. The van der Waals surface area contributed by atoms with Gasteiger partial charge in [-0.1, -0.05) is 62.2 Å². The van der Waals surface area contributed by atoms with Crippen molar-refractivity contribution in [2.24, 2.45) is 0 Å². The van der Waals surface area contributed by atoms with Crippen molar-refractivity contribution < 1.29 is 0 Å². The Morgan fingerprint density at radius 1 is 1.00 bits per heavy atom. The van der Waals surface area contributed by atoms with E-state index in [1.54, 1.807) is 5.56 Å². The molecule has 2 aromatic carbocycles. The normalized spacial score (nSPS) is 23.1. The number of nitrogens with one attached hydrogen (secondary N) is 1. The second kappa shape index (κ2) is 7.09. The summed E-state index contributed by atoms with van der Waals surface area (Å²) in [5.41, 5.74) is 1.54. The topological polar surface area (TPSA) is 12.0 Å². The van der Waals surface area contributed by atoms with Crippen molar-refractivity contribution >= 4 is 10.8 Å². The molecule has 2 aromatic rings. The van der Waals surface area contributed by atoms with Gasteiger partial charge in [-0.05, 0) is 54.5 Å². The Kier molecular flexibility index (Phi) is 4.92. The van der Waals surface area contributed by atoms with E-state index in [9.17, 15) is 0 Å². The number of rotatable bonds is 4. The molecule has 1 heteroatoms. The third-order valence-electron chi connectivity index (χ3n) is 4.85. The predicted molar refractivity (Wildman–Crippen MR) is 91.9 cm³/mol. The summed E-state index contributed by atoms with van der Waals surface area (Å²) >= 11 is 0. The highest BCUT2D eigenvalue weighted by atomic mass is 14.9. The van der Waals surface area contributed by atoms with Gasteiger partial charge in [0, 0.05) is 6.04 Å². The average molecular weight is 281 g/mol. The molecule has 0 heterocycles. The molecule has 0 radical (unpaired) electrons. The SMILES string of the molecule is CCCNC1CCCCC(c2ccc3ccccc3c2)C1. The molecular formula is C20H27N. The second-order valence-corrected chi connectivity index (χ2v) is 6.47. The molecule has 1 N–H and O–H groups in total. The monoisotopic (exact) mass is 281 g/mol. The summed E-state index contributed by atoms with van der Waals surface area (Å²) in [7, 11) is 0. The van der Waals surface area contributed by atoms with Gasteiger partial charge in [0.05, 0.1) is 0 Å². The van der Waals surface area contributed by atoms with E-state index in [2.05, 4.69) is 54.7 Å². The van der Waals surface area contributed by atoms with Crippen molar-refractivity contribution in [1.29, 1.82) is 0 Å². The summed E-state index contributed by atoms with van der Waals surface area (Å²) < 4.78 is 0. The third-order valence-corrected chi connectivity index (χ3v) is 4.85. The minimum Gasteiger partial charge on any atom is -0.314 e. The van der Waals surface area contributed by atoms with Gasteiger partial charge < -0.3 is 5.32 Å². The van der Waals surface area contributed by atoms with E-state index < -0.39 is 0 Å². The lowest BCUT2D eigenvalue weighted by Gasteiger charge is -2.22. The standard InChI is InChI=1S/C20H27N/c1-2-13-21-20-10-6-5-9-18(15-20)19-12-11-16-7-3-4-8-17(16)14-19/h3-4,7-8,11-12,14,18,20-21H,2,5-6,9-10,13,15H2,1H3. The Hall–Kier alpha value is -1.34. The van der Waals surface area contributed by atoms with Crippen LogP contribution in [0.1, 0.15) is 56.9 Å². The van der Waals surface area contributed by atoms with Crippen molar-refractivity contribution in [3.05, 3.63) is 48.0 Å². The van der Waals surface area contributed by atoms with Gasteiger partial charge in [0.25, 0.3) is 0 Å². The Morgan fingerprint density at radius 3 is 2.67 bits per heavy atom. The Bertz CT molecular complexity index is 575. The maximum atomic E-state index is 3.75. The van der Waals surface area contributed by atoms with E-state index in [-0.39, 0.29) is 0 Å². The highest BCUT2D eigenvalue weighted by Gasteiger charge is 2.21. The summed E-state index contributed by atoms with van der Waals surface area (Å²) in [6.45, 7) is 3.42. The number of hydrogen-bond donors (Lipinski definition) is 1. The minimum atomic E-state index is 0.712. The van der Waals surface area contributed by atoms with E-state index in [4.69, 9.17) is 0 Å². The van der Waals surface area contributed by atoms with Crippen LogP contribution in [0.4, 0.5) is 0 Å². The number of fused-ring (bicyclic) bond motifs is 1. The molecule has 0 aliphatic heterocycles. The fourth-order valence-electron chi connectivity index (χ4n) is 3.66. The van der Waals surface area contributed by atoms with Crippen LogP contribution in [0.25, 0.3) is 10.8 Å². The van der Waals surface area contributed by atoms with Gasteiger partial charge in [-0.15, -0.1) is 0 Å². The van der Waals surface area contributed by atoms with Crippen LogP contribution in [0.2, 0.25) is 0 Å². The fraction of sp³-hybridized carbons (Fsp3) is 0.500. The molecule has 0 bridgehead atoms. The largest absolute Gasteiger partial charge is 0.314 e. The maximum absolute atomic E-state index is 3.75. The highest BCUT2D eigenvalue weighted by Crippen LogP contribution is 2.33. The van der Waals surface area contributed by atoms with E-state index in [1.165, 1.54) is 49.3 Å². The zero-order chi connectivity index (χ0) is 14.5. The van der Waals surface area contributed by atoms with Gasteiger partial charge in [0.15, 0.2) is 0 Å². The van der Waals surface area contributed by atoms with Gasteiger partial charge in [0.1, 0.15) is 0 Å². The molecule has 1 aliphatic rings. The molecule has 0 saturated heterocycles. The molecule has 1 nitrogen and oxygen atoms in total. The summed E-state index contributed by atoms with van der Waals surface area (Å²) in [6.07, 6.45) is 8.00. The molecule has 2 atom stereocenters. The van der Waals surface area contributed by atoms with Crippen LogP contribution >= 0.6 is 0 Å². The van der Waals surface area contributed by atoms with Crippen LogP contribution in [-0.4, -0.2) is 12.6 Å². The summed E-state index contributed by atoms with van der Waals surface area (Å²) in [5, 5.41) is 6.49. The molecule has 1 aliphatic carbocycles. The molecule has 1 fully saturated rings. The molecule has 112 valence electrons. The van der Waals surface area contributed by atoms with Gasteiger partial charge in [-0.25, -0.2) is 0 Å². The van der Waals surface area contributed by atoms with Crippen molar-refractivity contribution in [2.75, 3.05) is 6.54 Å².